The molecule has 0 N–H and O–H groups in total. The number of carbonyl (C=O) groups is 1. The van der Waals surface area contributed by atoms with Gasteiger partial charge in [0, 0.05) is 31.4 Å². The van der Waals surface area contributed by atoms with Crippen LogP contribution in [0.5, 0.6) is 5.75 Å². The molecule has 0 spiro atoms. The van der Waals surface area contributed by atoms with E-state index in [1.54, 1.807) is 31.8 Å². The first kappa shape index (κ1) is 19.1. The average Bonchev–Trinajstić information content (AvgIpc) is 3.38. The Labute approximate surface area is 179 Å². The second kappa shape index (κ2) is 7.72. The van der Waals surface area contributed by atoms with Crippen LogP contribution < -0.4 is 9.64 Å². The van der Waals surface area contributed by atoms with Gasteiger partial charge < -0.3 is 14.5 Å². The second-order valence-corrected chi connectivity index (χ2v) is 7.66. The van der Waals surface area contributed by atoms with Gasteiger partial charge in [-0.15, -0.1) is 0 Å². The van der Waals surface area contributed by atoms with Crippen LogP contribution in [0.1, 0.15) is 28.8 Å². The number of piperazine rings is 1. The van der Waals surface area contributed by atoms with Crippen LogP contribution in [0.2, 0.25) is 0 Å². The van der Waals surface area contributed by atoms with E-state index in [1.165, 1.54) is 4.80 Å². The summed E-state index contributed by atoms with van der Waals surface area (Å²) in [5.74, 6) is 1.14. The van der Waals surface area contributed by atoms with E-state index >= 15 is 0 Å². The Hall–Kier alpha value is -3.93. The van der Waals surface area contributed by atoms with Crippen molar-refractivity contribution in [3.05, 3.63) is 60.0 Å². The maximum atomic E-state index is 13.5. The zero-order chi connectivity index (χ0) is 21.4. The molecule has 3 aromatic rings. The molecule has 0 aliphatic carbocycles. The predicted molar refractivity (Wildman–Crippen MR) is 112 cm³/mol. The van der Waals surface area contributed by atoms with Crippen LogP contribution in [-0.2, 0) is 0 Å². The molecule has 0 radical (unpaired) electrons. The lowest BCUT2D eigenvalue weighted by Gasteiger charge is -2.52. The monoisotopic (exact) mass is 415 g/mol. The molecule has 1 aromatic carbocycles. The summed E-state index contributed by atoms with van der Waals surface area (Å²) in [6.07, 6.45) is 6.71. The standard InChI is InChI=1S/C22H21N7O2/c1-31-20-15(12-23)8-9-24-21(20)27-13-17-7-6-16(27)14-28(17)22(30)18-4-2-3-5-19(18)29-25-10-11-26-29/h2-5,8-11,16-17H,6-7,13-14H2,1H3. The summed E-state index contributed by atoms with van der Waals surface area (Å²) < 4.78 is 5.51. The number of pyridine rings is 1. The Morgan fingerprint density at radius 3 is 2.58 bits per heavy atom. The number of ether oxygens (including phenoxy) is 1. The van der Waals surface area contributed by atoms with E-state index in [4.69, 9.17) is 4.74 Å². The molecule has 3 aliphatic rings. The largest absolute Gasteiger partial charge is 0.492 e. The molecule has 9 nitrogen and oxygen atoms in total. The van der Waals surface area contributed by atoms with Crippen LogP contribution in [0.25, 0.3) is 5.69 Å². The van der Waals surface area contributed by atoms with Crippen molar-refractivity contribution in [2.75, 3.05) is 25.1 Å². The van der Waals surface area contributed by atoms with Crippen molar-refractivity contribution < 1.29 is 9.53 Å². The highest BCUT2D eigenvalue weighted by molar-refractivity contribution is 5.98. The van der Waals surface area contributed by atoms with E-state index < -0.39 is 0 Å². The van der Waals surface area contributed by atoms with Crippen LogP contribution in [0.15, 0.2) is 48.9 Å². The fourth-order valence-electron chi connectivity index (χ4n) is 4.59. The molecule has 2 atom stereocenters. The molecular weight excluding hydrogens is 394 g/mol. The van der Waals surface area contributed by atoms with E-state index in [2.05, 4.69) is 26.2 Å². The van der Waals surface area contributed by atoms with E-state index in [-0.39, 0.29) is 18.0 Å². The summed E-state index contributed by atoms with van der Waals surface area (Å²) in [5.41, 5.74) is 1.71. The summed E-state index contributed by atoms with van der Waals surface area (Å²) in [7, 11) is 1.56. The maximum absolute atomic E-state index is 13.5. The molecule has 3 aliphatic heterocycles. The number of para-hydroxylation sites is 1. The van der Waals surface area contributed by atoms with Crippen molar-refractivity contribution in [2.45, 2.75) is 24.9 Å². The van der Waals surface area contributed by atoms with Crippen molar-refractivity contribution in [1.82, 2.24) is 24.9 Å². The molecule has 3 saturated heterocycles. The number of nitriles is 1. The van der Waals surface area contributed by atoms with E-state index in [9.17, 15) is 10.1 Å². The average molecular weight is 415 g/mol. The van der Waals surface area contributed by atoms with Crippen LogP contribution >= 0.6 is 0 Å². The van der Waals surface area contributed by atoms with E-state index in [0.717, 1.165) is 12.8 Å². The molecular formula is C22H21N7O2. The third-order valence-electron chi connectivity index (χ3n) is 6.04. The van der Waals surface area contributed by atoms with Crippen LogP contribution in [0.3, 0.4) is 0 Å². The quantitative estimate of drug-likeness (QED) is 0.643. The van der Waals surface area contributed by atoms with Crippen molar-refractivity contribution in [2.24, 2.45) is 0 Å². The van der Waals surface area contributed by atoms with E-state index in [0.29, 0.717) is 41.5 Å². The Kier molecular flexibility index (Phi) is 4.75. The number of nitrogens with zero attached hydrogens (tertiary/aromatic N) is 7. The van der Waals surface area contributed by atoms with Crippen LogP contribution in [0, 0.1) is 11.3 Å². The number of carbonyl (C=O) groups excluding carboxylic acids is 1. The highest BCUT2D eigenvalue weighted by Gasteiger charge is 2.43. The van der Waals surface area contributed by atoms with Crippen molar-refractivity contribution >= 4 is 11.7 Å². The Morgan fingerprint density at radius 1 is 1.10 bits per heavy atom. The first-order chi connectivity index (χ1) is 15.2. The number of hydrogen-bond donors (Lipinski definition) is 0. The number of methoxy groups -OCH3 is 1. The number of piperidine rings is 2. The van der Waals surface area contributed by atoms with Crippen molar-refractivity contribution in [1.29, 1.82) is 5.26 Å². The third kappa shape index (κ3) is 3.17. The minimum atomic E-state index is -0.0204. The zero-order valence-electron chi connectivity index (χ0n) is 17.0. The number of aromatic nitrogens is 4. The van der Waals surface area contributed by atoms with Gasteiger partial charge in [0.2, 0.25) is 0 Å². The summed E-state index contributed by atoms with van der Waals surface area (Å²) in [5, 5.41) is 17.8. The van der Waals surface area contributed by atoms with Gasteiger partial charge in [0.05, 0.1) is 36.3 Å². The topological polar surface area (TPSA) is 100 Å². The molecule has 5 heterocycles. The third-order valence-corrected chi connectivity index (χ3v) is 6.04. The molecule has 31 heavy (non-hydrogen) atoms. The lowest BCUT2D eigenvalue weighted by Crippen LogP contribution is -2.64. The predicted octanol–water partition coefficient (Wildman–Crippen LogP) is 2.04. The number of amides is 1. The summed E-state index contributed by atoms with van der Waals surface area (Å²) >= 11 is 0. The SMILES string of the molecule is COc1c(C#N)ccnc1N1CC2CCC1CN2C(=O)c1ccccc1-n1nccn1. The Bertz CT molecular complexity index is 1150. The normalized spacial score (nSPS) is 19.9. The number of fused-ring (bicyclic) bond motifs is 3. The zero-order valence-corrected chi connectivity index (χ0v) is 17.0. The second-order valence-electron chi connectivity index (χ2n) is 7.66. The van der Waals surface area contributed by atoms with Gasteiger partial charge in [0.25, 0.3) is 5.91 Å². The van der Waals surface area contributed by atoms with Crippen molar-refractivity contribution in [3.63, 3.8) is 0 Å². The minimum Gasteiger partial charge on any atom is -0.492 e. The van der Waals surface area contributed by atoms with Gasteiger partial charge in [-0.05, 0) is 31.0 Å². The lowest BCUT2D eigenvalue weighted by atomic mass is 9.89. The fourth-order valence-corrected chi connectivity index (χ4v) is 4.59. The molecule has 2 bridgehead atoms. The molecule has 0 saturated carbocycles. The number of benzene rings is 1. The molecule has 6 rings (SSSR count). The lowest BCUT2D eigenvalue weighted by molar-refractivity contribution is 0.0503. The fraction of sp³-hybridized carbons (Fsp3) is 0.318. The van der Waals surface area contributed by atoms with Crippen LogP contribution in [-0.4, -0.2) is 63.1 Å². The Morgan fingerprint density at radius 2 is 1.87 bits per heavy atom. The number of anilines is 1. The van der Waals surface area contributed by atoms with Gasteiger partial charge in [0.1, 0.15) is 6.07 Å². The molecule has 3 fully saturated rings. The van der Waals surface area contributed by atoms with Gasteiger partial charge in [-0.25, -0.2) is 4.98 Å². The molecule has 156 valence electrons. The summed E-state index contributed by atoms with van der Waals surface area (Å²) in [6.45, 7) is 1.24. The Balaban J connectivity index is 1.44. The summed E-state index contributed by atoms with van der Waals surface area (Å²) in [6, 6.07) is 11.4. The highest BCUT2D eigenvalue weighted by Crippen LogP contribution is 2.38. The van der Waals surface area contributed by atoms with Gasteiger partial charge in [0.15, 0.2) is 11.6 Å². The minimum absolute atomic E-state index is 0.0204. The number of hydrogen-bond acceptors (Lipinski definition) is 7. The molecule has 2 unspecified atom stereocenters. The van der Waals surface area contributed by atoms with E-state index in [1.807, 2.05) is 29.2 Å². The van der Waals surface area contributed by atoms with Gasteiger partial charge in [-0.3, -0.25) is 4.79 Å². The first-order valence-corrected chi connectivity index (χ1v) is 10.2. The number of rotatable bonds is 4. The smallest absolute Gasteiger partial charge is 0.256 e. The molecule has 9 heteroatoms. The first-order valence-electron chi connectivity index (χ1n) is 10.2. The van der Waals surface area contributed by atoms with Gasteiger partial charge in [-0.1, -0.05) is 12.1 Å². The molecule has 2 aromatic heterocycles. The van der Waals surface area contributed by atoms with Gasteiger partial charge >= 0.3 is 0 Å². The highest BCUT2D eigenvalue weighted by atomic mass is 16.5. The van der Waals surface area contributed by atoms with Crippen molar-refractivity contribution in [3.8, 4) is 17.5 Å². The molecule has 1 amide bonds. The maximum Gasteiger partial charge on any atom is 0.256 e. The van der Waals surface area contributed by atoms with Crippen LogP contribution in [0.4, 0.5) is 5.82 Å². The summed E-state index contributed by atoms with van der Waals surface area (Å²) in [4.78, 5) is 23.6. The van der Waals surface area contributed by atoms with Gasteiger partial charge in [-0.2, -0.15) is 20.3 Å².